The van der Waals surface area contributed by atoms with Gasteiger partial charge in [-0.2, -0.15) is 0 Å². The summed E-state index contributed by atoms with van der Waals surface area (Å²) in [5.41, 5.74) is 0.0788. The first-order chi connectivity index (χ1) is 9.52. The fourth-order valence-electron chi connectivity index (χ4n) is 1.74. The number of ether oxygens (including phenoxy) is 1. The molecule has 0 aliphatic carbocycles. The Morgan fingerprint density at radius 1 is 1.20 bits per heavy atom. The lowest BCUT2D eigenvalue weighted by molar-refractivity contribution is 0.414. The minimum Gasteiger partial charge on any atom is -0.497 e. The minimum absolute atomic E-state index is 0.144. The molecule has 1 aromatic heterocycles. The molecule has 20 heavy (non-hydrogen) atoms. The van der Waals surface area contributed by atoms with E-state index < -0.39 is 11.2 Å². The third-order valence-corrected chi connectivity index (χ3v) is 2.94. The van der Waals surface area contributed by atoms with Gasteiger partial charge in [0, 0.05) is 20.6 Å². The van der Waals surface area contributed by atoms with Crippen molar-refractivity contribution in [3.8, 4) is 5.75 Å². The van der Waals surface area contributed by atoms with E-state index in [1.807, 2.05) is 24.3 Å². The van der Waals surface area contributed by atoms with Crippen LogP contribution in [-0.4, -0.2) is 21.5 Å². The molecule has 1 aromatic carbocycles. The third kappa shape index (κ3) is 2.71. The van der Waals surface area contributed by atoms with Crippen molar-refractivity contribution in [2.45, 2.75) is 6.54 Å². The van der Waals surface area contributed by atoms with Gasteiger partial charge in [0.1, 0.15) is 5.75 Å². The molecule has 0 unspecified atom stereocenters. The Balaban J connectivity index is 2.18. The largest absolute Gasteiger partial charge is 0.497 e. The topological polar surface area (TPSA) is 78.2 Å². The van der Waals surface area contributed by atoms with Crippen molar-refractivity contribution in [2.24, 2.45) is 14.1 Å². The van der Waals surface area contributed by atoms with Gasteiger partial charge in [-0.05, 0) is 17.7 Å². The Labute approximate surface area is 115 Å². The fourth-order valence-corrected chi connectivity index (χ4v) is 1.74. The van der Waals surface area contributed by atoms with Crippen molar-refractivity contribution < 1.29 is 4.74 Å². The van der Waals surface area contributed by atoms with Gasteiger partial charge >= 0.3 is 5.69 Å². The van der Waals surface area contributed by atoms with Crippen molar-refractivity contribution in [1.82, 2.24) is 14.3 Å². The molecule has 0 spiro atoms. The highest BCUT2D eigenvalue weighted by molar-refractivity contribution is 5.33. The average Bonchev–Trinajstić information content (AvgIpc) is 2.48. The molecule has 2 rings (SSSR count). The van der Waals surface area contributed by atoms with Crippen molar-refractivity contribution in [2.75, 3.05) is 12.4 Å². The number of hydrogen-bond donors (Lipinski definition) is 1. The summed E-state index contributed by atoms with van der Waals surface area (Å²) < 4.78 is 7.21. The highest BCUT2D eigenvalue weighted by Crippen LogP contribution is 2.11. The Morgan fingerprint density at radius 2 is 1.85 bits per heavy atom. The zero-order chi connectivity index (χ0) is 14.7. The smallest absolute Gasteiger partial charge is 0.346 e. The number of hydrogen-bond acceptors (Lipinski definition) is 5. The number of benzene rings is 1. The lowest BCUT2D eigenvalue weighted by Gasteiger charge is -2.08. The van der Waals surface area contributed by atoms with E-state index in [1.165, 1.54) is 14.1 Å². The molecule has 0 aliphatic heterocycles. The first-order valence-corrected chi connectivity index (χ1v) is 6.04. The molecule has 0 atom stereocenters. The molecule has 0 radical (unpaired) electrons. The van der Waals surface area contributed by atoms with Crippen LogP contribution in [0.15, 0.2) is 33.9 Å². The number of nitrogens with one attached hydrogen (secondary N) is 1. The highest BCUT2D eigenvalue weighted by Gasteiger charge is 2.07. The first-order valence-electron chi connectivity index (χ1n) is 6.04. The Bertz CT molecular complexity index is 716. The lowest BCUT2D eigenvalue weighted by atomic mass is 10.2. The highest BCUT2D eigenvalue weighted by atomic mass is 16.5. The summed E-state index contributed by atoms with van der Waals surface area (Å²) in [5.74, 6) is 0.912. The molecular weight excluding hydrogens is 260 g/mol. The maximum atomic E-state index is 11.9. The van der Waals surface area contributed by atoms with Gasteiger partial charge < -0.3 is 10.1 Å². The van der Waals surface area contributed by atoms with Crippen LogP contribution >= 0.6 is 0 Å². The zero-order valence-corrected chi connectivity index (χ0v) is 11.6. The van der Waals surface area contributed by atoms with Crippen LogP contribution in [0.5, 0.6) is 5.75 Å². The monoisotopic (exact) mass is 276 g/mol. The van der Waals surface area contributed by atoms with Crippen molar-refractivity contribution in [3.63, 3.8) is 0 Å². The SMILES string of the molecule is COc1ccc(CNc2nn(C)c(=O)n(C)c2=O)cc1. The Kier molecular flexibility index (Phi) is 3.88. The molecule has 106 valence electrons. The van der Waals surface area contributed by atoms with E-state index in [-0.39, 0.29) is 5.82 Å². The van der Waals surface area contributed by atoms with E-state index in [9.17, 15) is 9.59 Å². The number of methoxy groups -OCH3 is 1. The molecule has 0 fully saturated rings. The number of aromatic nitrogens is 3. The van der Waals surface area contributed by atoms with Crippen LogP contribution in [0.2, 0.25) is 0 Å². The molecule has 1 N–H and O–H groups in total. The van der Waals surface area contributed by atoms with Crippen molar-refractivity contribution in [3.05, 3.63) is 50.7 Å². The predicted octanol–water partition coefficient (Wildman–Crippen LogP) is 0.0997. The maximum Gasteiger partial charge on any atom is 0.346 e. The molecule has 0 amide bonds. The summed E-state index contributed by atoms with van der Waals surface area (Å²) >= 11 is 0. The van der Waals surface area contributed by atoms with Crippen molar-refractivity contribution >= 4 is 5.82 Å². The Hall–Kier alpha value is -2.57. The number of anilines is 1. The number of nitrogens with zero attached hydrogens (tertiary/aromatic N) is 3. The van der Waals surface area contributed by atoms with E-state index in [4.69, 9.17) is 4.74 Å². The van der Waals surface area contributed by atoms with Gasteiger partial charge in [-0.1, -0.05) is 12.1 Å². The van der Waals surface area contributed by atoms with Crippen LogP contribution in [0, 0.1) is 0 Å². The summed E-state index contributed by atoms with van der Waals surface area (Å²) in [6, 6.07) is 7.45. The average molecular weight is 276 g/mol. The predicted molar refractivity (Wildman–Crippen MR) is 75.0 cm³/mol. The van der Waals surface area contributed by atoms with E-state index in [1.54, 1.807) is 7.11 Å². The van der Waals surface area contributed by atoms with Crippen LogP contribution < -0.4 is 21.3 Å². The third-order valence-electron chi connectivity index (χ3n) is 2.94. The molecular formula is C13H16N4O3. The molecule has 0 bridgehead atoms. The summed E-state index contributed by atoms with van der Waals surface area (Å²) in [5, 5.41) is 6.85. The van der Waals surface area contributed by atoms with Gasteiger partial charge in [-0.3, -0.25) is 9.36 Å². The molecule has 7 nitrogen and oxygen atoms in total. The molecule has 1 heterocycles. The first kappa shape index (κ1) is 13.9. The van der Waals surface area contributed by atoms with Gasteiger partial charge in [0.25, 0.3) is 5.56 Å². The number of rotatable bonds is 4. The van der Waals surface area contributed by atoms with Crippen LogP contribution in [-0.2, 0) is 20.6 Å². The molecule has 0 saturated carbocycles. The number of aryl methyl sites for hydroxylation is 1. The van der Waals surface area contributed by atoms with Gasteiger partial charge in [0.2, 0.25) is 5.82 Å². The fraction of sp³-hybridized carbons (Fsp3) is 0.308. The standard InChI is InChI=1S/C13H16N4O3/c1-16-12(18)11(15-17(2)13(16)19)14-8-9-4-6-10(20-3)7-5-9/h4-7H,8H2,1-3H3,(H,14,15). The van der Waals surface area contributed by atoms with Crippen LogP contribution in [0.4, 0.5) is 5.82 Å². The second kappa shape index (κ2) is 5.60. The summed E-state index contributed by atoms with van der Waals surface area (Å²) in [4.78, 5) is 23.4. The van der Waals surface area contributed by atoms with Gasteiger partial charge in [0.05, 0.1) is 7.11 Å². The maximum absolute atomic E-state index is 11.9. The second-order valence-electron chi connectivity index (χ2n) is 4.32. The summed E-state index contributed by atoms with van der Waals surface area (Å²) in [6.45, 7) is 0.435. The van der Waals surface area contributed by atoms with Crippen LogP contribution in [0.3, 0.4) is 0 Å². The van der Waals surface area contributed by atoms with E-state index >= 15 is 0 Å². The Morgan fingerprint density at radius 3 is 2.45 bits per heavy atom. The quantitative estimate of drug-likeness (QED) is 0.857. The molecule has 2 aromatic rings. The molecule has 7 heteroatoms. The van der Waals surface area contributed by atoms with Crippen LogP contribution in [0.1, 0.15) is 5.56 Å². The van der Waals surface area contributed by atoms with Gasteiger partial charge in [-0.25, -0.2) is 9.48 Å². The van der Waals surface area contributed by atoms with E-state index in [0.29, 0.717) is 6.54 Å². The molecule has 0 saturated heterocycles. The zero-order valence-electron chi connectivity index (χ0n) is 11.6. The van der Waals surface area contributed by atoms with Crippen LogP contribution in [0.25, 0.3) is 0 Å². The minimum atomic E-state index is -0.454. The van der Waals surface area contributed by atoms with E-state index in [2.05, 4.69) is 10.4 Å². The summed E-state index contributed by atoms with van der Waals surface area (Å²) in [6.07, 6.45) is 0. The van der Waals surface area contributed by atoms with Gasteiger partial charge in [0.15, 0.2) is 0 Å². The second-order valence-corrected chi connectivity index (χ2v) is 4.32. The van der Waals surface area contributed by atoms with Gasteiger partial charge in [-0.15, -0.1) is 5.10 Å². The van der Waals surface area contributed by atoms with Crippen molar-refractivity contribution in [1.29, 1.82) is 0 Å². The summed E-state index contributed by atoms with van der Waals surface area (Å²) in [7, 11) is 4.52. The lowest BCUT2D eigenvalue weighted by Crippen LogP contribution is -2.39. The normalized spacial score (nSPS) is 10.3. The molecule has 0 aliphatic rings. The van der Waals surface area contributed by atoms with E-state index in [0.717, 1.165) is 20.6 Å².